The van der Waals surface area contributed by atoms with Crippen LogP contribution < -0.4 is 15.5 Å². The van der Waals surface area contributed by atoms with Gasteiger partial charge < -0.3 is 15.5 Å². The molecule has 26 heavy (non-hydrogen) atoms. The van der Waals surface area contributed by atoms with Crippen LogP contribution in [-0.2, 0) is 6.42 Å². The van der Waals surface area contributed by atoms with Crippen LogP contribution in [0.5, 0.6) is 0 Å². The molecule has 0 spiro atoms. The van der Waals surface area contributed by atoms with Gasteiger partial charge in [-0.05, 0) is 31.2 Å². The maximum absolute atomic E-state index is 4.79. The van der Waals surface area contributed by atoms with Gasteiger partial charge in [-0.15, -0.1) is 22.7 Å². The van der Waals surface area contributed by atoms with Crippen molar-refractivity contribution in [1.29, 1.82) is 0 Å². The Morgan fingerprint density at radius 3 is 2.88 bits per heavy atom. The van der Waals surface area contributed by atoms with Crippen molar-refractivity contribution >= 4 is 33.8 Å². The molecule has 1 unspecified atom stereocenters. The van der Waals surface area contributed by atoms with Gasteiger partial charge in [-0.2, -0.15) is 0 Å². The Labute approximate surface area is 164 Å². The molecule has 1 aliphatic rings. The van der Waals surface area contributed by atoms with E-state index in [1.165, 1.54) is 28.5 Å². The van der Waals surface area contributed by atoms with E-state index in [1.807, 2.05) is 0 Å². The smallest absolute Gasteiger partial charge is 0.191 e. The van der Waals surface area contributed by atoms with Gasteiger partial charge in [-0.1, -0.05) is 13.0 Å². The Hall–Kier alpha value is -1.60. The molecule has 0 amide bonds. The lowest BCUT2D eigenvalue weighted by Crippen LogP contribution is -2.38. The Bertz CT molecular complexity index is 674. The summed E-state index contributed by atoms with van der Waals surface area (Å²) < 4.78 is 0. The highest BCUT2D eigenvalue weighted by atomic mass is 32.1. The van der Waals surface area contributed by atoms with Crippen molar-refractivity contribution in [2.75, 3.05) is 37.6 Å². The number of thiophene rings is 1. The molecule has 0 bridgehead atoms. The van der Waals surface area contributed by atoms with Gasteiger partial charge in [0.1, 0.15) is 0 Å². The summed E-state index contributed by atoms with van der Waals surface area (Å²) in [7, 11) is 0. The van der Waals surface area contributed by atoms with Gasteiger partial charge in [0.2, 0.25) is 0 Å². The van der Waals surface area contributed by atoms with Crippen LogP contribution in [0.25, 0.3) is 0 Å². The summed E-state index contributed by atoms with van der Waals surface area (Å²) in [5.74, 6) is 1.35. The summed E-state index contributed by atoms with van der Waals surface area (Å²) in [6.07, 6.45) is 3.51. The fraction of sp³-hybridized carbons (Fsp3) is 0.579. The number of thiazole rings is 1. The minimum absolute atomic E-state index is 0.451. The lowest BCUT2D eigenvalue weighted by atomic mass is 10.1. The number of aliphatic imine (C=N–C) groups is 1. The van der Waals surface area contributed by atoms with Crippen molar-refractivity contribution in [3.8, 4) is 0 Å². The van der Waals surface area contributed by atoms with Gasteiger partial charge in [-0.25, -0.2) is 4.98 Å². The van der Waals surface area contributed by atoms with E-state index in [-0.39, 0.29) is 0 Å². The zero-order valence-electron chi connectivity index (χ0n) is 15.7. The second-order valence-electron chi connectivity index (χ2n) is 6.63. The molecule has 0 saturated carbocycles. The molecule has 1 fully saturated rings. The van der Waals surface area contributed by atoms with E-state index in [1.54, 1.807) is 22.7 Å². The van der Waals surface area contributed by atoms with Gasteiger partial charge in [0, 0.05) is 48.8 Å². The Morgan fingerprint density at radius 2 is 2.15 bits per heavy atom. The summed E-state index contributed by atoms with van der Waals surface area (Å²) >= 11 is 3.57. The van der Waals surface area contributed by atoms with E-state index >= 15 is 0 Å². The van der Waals surface area contributed by atoms with Crippen LogP contribution in [0.1, 0.15) is 43.2 Å². The first-order chi connectivity index (χ1) is 12.8. The molecule has 0 aliphatic carbocycles. The third-order valence-corrected chi connectivity index (χ3v) is 6.54. The fourth-order valence-electron chi connectivity index (χ4n) is 3.01. The highest BCUT2D eigenvalue weighted by Gasteiger charge is 2.15. The monoisotopic (exact) mass is 391 g/mol. The standard InChI is InChI=1S/C19H29N5S2/c1-3-20-18(22-13-15(2)17-7-6-12-25-17)21-9-8-16-14-26-19(23-16)24-10-4-5-11-24/h6-7,12,14-15H,3-5,8-11,13H2,1-2H3,(H2,20,21,22). The zero-order valence-corrected chi connectivity index (χ0v) is 17.3. The quantitative estimate of drug-likeness (QED) is 0.532. The molecular formula is C19H29N5S2. The van der Waals surface area contributed by atoms with Crippen molar-refractivity contribution in [3.05, 3.63) is 33.5 Å². The Morgan fingerprint density at radius 1 is 1.31 bits per heavy atom. The van der Waals surface area contributed by atoms with E-state index < -0.39 is 0 Å². The Kier molecular flexibility index (Phi) is 7.32. The van der Waals surface area contributed by atoms with Crippen LogP contribution in [0, 0.1) is 0 Å². The molecule has 1 saturated heterocycles. The predicted octanol–water partition coefficient (Wildman–Crippen LogP) is 3.71. The number of nitrogens with zero attached hydrogens (tertiary/aromatic N) is 3. The molecule has 0 radical (unpaired) electrons. The second kappa shape index (κ2) is 9.92. The van der Waals surface area contributed by atoms with Crippen LogP contribution >= 0.6 is 22.7 Å². The summed E-state index contributed by atoms with van der Waals surface area (Å²) in [5.41, 5.74) is 1.17. The van der Waals surface area contributed by atoms with E-state index in [0.717, 1.165) is 45.1 Å². The number of anilines is 1. The average molecular weight is 392 g/mol. The van der Waals surface area contributed by atoms with Gasteiger partial charge in [0.05, 0.1) is 12.2 Å². The van der Waals surface area contributed by atoms with Gasteiger partial charge in [0.25, 0.3) is 0 Å². The fourth-order valence-corrected chi connectivity index (χ4v) is 4.70. The highest BCUT2D eigenvalue weighted by molar-refractivity contribution is 7.13. The first kappa shape index (κ1) is 19.2. The van der Waals surface area contributed by atoms with Gasteiger partial charge in [0.15, 0.2) is 11.1 Å². The largest absolute Gasteiger partial charge is 0.357 e. The van der Waals surface area contributed by atoms with Crippen LogP contribution in [0.4, 0.5) is 5.13 Å². The van der Waals surface area contributed by atoms with Crippen molar-refractivity contribution < 1.29 is 0 Å². The molecule has 3 heterocycles. The molecule has 1 atom stereocenters. The molecule has 7 heteroatoms. The van der Waals surface area contributed by atoms with Gasteiger partial charge in [-0.3, -0.25) is 4.99 Å². The minimum atomic E-state index is 0.451. The number of rotatable bonds is 8. The maximum atomic E-state index is 4.79. The van der Waals surface area contributed by atoms with Crippen LogP contribution in [0.3, 0.4) is 0 Å². The number of hydrogen-bond acceptors (Lipinski definition) is 5. The van der Waals surface area contributed by atoms with Crippen molar-refractivity contribution in [2.45, 2.75) is 39.0 Å². The topological polar surface area (TPSA) is 52.6 Å². The molecule has 142 valence electrons. The normalized spacial score (nSPS) is 16.1. The van der Waals surface area contributed by atoms with E-state index in [0.29, 0.717) is 5.92 Å². The Balaban J connectivity index is 1.46. The molecule has 1 aliphatic heterocycles. The zero-order chi connectivity index (χ0) is 18.2. The number of hydrogen-bond donors (Lipinski definition) is 2. The molecule has 2 aromatic rings. The molecular weight excluding hydrogens is 362 g/mol. The number of aromatic nitrogens is 1. The number of guanidine groups is 1. The van der Waals surface area contributed by atoms with Crippen molar-refractivity contribution in [1.82, 2.24) is 15.6 Å². The predicted molar refractivity (Wildman–Crippen MR) is 114 cm³/mol. The SMILES string of the molecule is CCNC(=NCC(C)c1cccs1)NCCc1csc(N2CCCC2)n1. The summed E-state index contributed by atoms with van der Waals surface area (Å²) in [4.78, 5) is 13.3. The average Bonchev–Trinajstić information content (AvgIpc) is 3.41. The lowest BCUT2D eigenvalue weighted by Gasteiger charge is -2.13. The van der Waals surface area contributed by atoms with Crippen molar-refractivity contribution in [3.63, 3.8) is 0 Å². The third-order valence-electron chi connectivity index (χ3n) is 4.49. The summed E-state index contributed by atoms with van der Waals surface area (Å²) in [5, 5.41) is 12.3. The minimum Gasteiger partial charge on any atom is -0.357 e. The van der Waals surface area contributed by atoms with Crippen LogP contribution in [0.15, 0.2) is 27.9 Å². The molecule has 2 aromatic heterocycles. The first-order valence-corrected chi connectivity index (χ1v) is 11.3. The van der Waals surface area contributed by atoms with Gasteiger partial charge >= 0.3 is 0 Å². The molecule has 2 N–H and O–H groups in total. The molecule has 5 nitrogen and oxygen atoms in total. The number of nitrogens with one attached hydrogen (secondary N) is 2. The lowest BCUT2D eigenvalue weighted by molar-refractivity contribution is 0.752. The first-order valence-electron chi connectivity index (χ1n) is 9.51. The van der Waals surface area contributed by atoms with E-state index in [2.05, 4.69) is 52.3 Å². The van der Waals surface area contributed by atoms with Crippen LogP contribution in [0.2, 0.25) is 0 Å². The highest BCUT2D eigenvalue weighted by Crippen LogP contribution is 2.24. The summed E-state index contributed by atoms with van der Waals surface area (Å²) in [6.45, 7) is 9.16. The van der Waals surface area contributed by atoms with Crippen LogP contribution in [-0.4, -0.2) is 43.7 Å². The second-order valence-corrected chi connectivity index (χ2v) is 8.44. The summed E-state index contributed by atoms with van der Waals surface area (Å²) in [6, 6.07) is 4.29. The molecule has 3 rings (SSSR count). The third kappa shape index (κ3) is 5.45. The van der Waals surface area contributed by atoms with Crippen molar-refractivity contribution in [2.24, 2.45) is 4.99 Å². The van der Waals surface area contributed by atoms with E-state index in [9.17, 15) is 0 Å². The maximum Gasteiger partial charge on any atom is 0.191 e. The van der Waals surface area contributed by atoms with E-state index in [4.69, 9.17) is 9.98 Å². The molecule has 0 aromatic carbocycles.